The van der Waals surface area contributed by atoms with E-state index in [4.69, 9.17) is 21.1 Å². The van der Waals surface area contributed by atoms with Gasteiger partial charge in [0.05, 0.1) is 36.0 Å². The first-order chi connectivity index (χ1) is 15.0. The van der Waals surface area contributed by atoms with Gasteiger partial charge in [0.25, 0.3) is 5.91 Å². The first-order valence-electron chi connectivity index (χ1n) is 9.57. The summed E-state index contributed by atoms with van der Waals surface area (Å²) in [6.07, 6.45) is 0. The number of methoxy groups -OCH3 is 2. The van der Waals surface area contributed by atoms with Crippen LogP contribution in [0.1, 0.15) is 15.9 Å². The van der Waals surface area contributed by atoms with Crippen molar-refractivity contribution >= 4 is 34.1 Å². The summed E-state index contributed by atoms with van der Waals surface area (Å²) in [5.74, 6) is 0.534. The summed E-state index contributed by atoms with van der Waals surface area (Å²) in [6.45, 7) is 2.00. The average molecular weight is 434 g/mol. The molecule has 6 nitrogen and oxygen atoms in total. The molecule has 0 atom stereocenters. The van der Waals surface area contributed by atoms with Gasteiger partial charge in [-0.05, 0) is 19.1 Å². The van der Waals surface area contributed by atoms with Crippen molar-refractivity contribution in [3.63, 3.8) is 0 Å². The van der Waals surface area contributed by atoms with Crippen LogP contribution < -0.4 is 14.8 Å². The zero-order valence-electron chi connectivity index (χ0n) is 17.3. The normalized spacial score (nSPS) is 10.7. The van der Waals surface area contributed by atoms with E-state index in [1.807, 2.05) is 55.5 Å². The van der Waals surface area contributed by atoms with Gasteiger partial charge in [0.2, 0.25) is 0 Å². The Labute approximate surface area is 184 Å². The van der Waals surface area contributed by atoms with Crippen molar-refractivity contribution in [1.29, 1.82) is 0 Å². The van der Waals surface area contributed by atoms with Gasteiger partial charge in [-0.25, -0.2) is 0 Å². The number of rotatable bonds is 5. The fourth-order valence-corrected chi connectivity index (χ4v) is 3.58. The van der Waals surface area contributed by atoms with Crippen LogP contribution in [0.4, 0.5) is 5.69 Å². The van der Waals surface area contributed by atoms with Crippen molar-refractivity contribution in [1.82, 2.24) is 10.2 Å². The van der Waals surface area contributed by atoms with Gasteiger partial charge >= 0.3 is 0 Å². The third-order valence-corrected chi connectivity index (χ3v) is 5.24. The van der Waals surface area contributed by atoms with Crippen LogP contribution >= 0.6 is 11.6 Å². The Morgan fingerprint density at radius 1 is 0.935 bits per heavy atom. The molecule has 0 aliphatic rings. The van der Waals surface area contributed by atoms with Crippen molar-refractivity contribution < 1.29 is 14.3 Å². The molecule has 0 spiro atoms. The Morgan fingerprint density at radius 3 is 2.35 bits per heavy atom. The molecule has 0 saturated carbocycles. The minimum Gasteiger partial charge on any atom is -0.495 e. The highest BCUT2D eigenvalue weighted by Crippen LogP contribution is 2.37. The first kappa shape index (κ1) is 20.6. The van der Waals surface area contributed by atoms with Crippen LogP contribution in [-0.4, -0.2) is 30.3 Å². The van der Waals surface area contributed by atoms with Crippen LogP contribution in [0.3, 0.4) is 0 Å². The number of aromatic nitrogens is 2. The lowest BCUT2D eigenvalue weighted by Crippen LogP contribution is -2.16. The third kappa shape index (κ3) is 4.02. The summed E-state index contributed by atoms with van der Waals surface area (Å²) >= 11 is 6.27. The number of nitrogens with one attached hydrogen (secondary N) is 1. The van der Waals surface area contributed by atoms with Crippen molar-refractivity contribution in [2.45, 2.75) is 6.92 Å². The monoisotopic (exact) mass is 433 g/mol. The Morgan fingerprint density at radius 2 is 1.65 bits per heavy atom. The van der Waals surface area contributed by atoms with Gasteiger partial charge in [0.1, 0.15) is 17.2 Å². The maximum atomic E-state index is 13.5. The van der Waals surface area contributed by atoms with Crippen LogP contribution in [0, 0.1) is 6.92 Å². The average Bonchev–Trinajstić information content (AvgIpc) is 2.79. The second kappa shape index (κ2) is 8.62. The topological polar surface area (TPSA) is 73.3 Å². The van der Waals surface area contributed by atoms with Gasteiger partial charge in [0.15, 0.2) is 0 Å². The minimum atomic E-state index is -0.346. The Hall–Kier alpha value is -3.64. The van der Waals surface area contributed by atoms with E-state index in [-0.39, 0.29) is 5.91 Å². The quantitative estimate of drug-likeness (QED) is 0.448. The predicted octanol–water partition coefficient (Wildman–Crippen LogP) is 5.53. The molecule has 0 fully saturated rings. The molecule has 0 aliphatic heterocycles. The Kier molecular flexibility index (Phi) is 5.73. The predicted molar refractivity (Wildman–Crippen MR) is 122 cm³/mol. The van der Waals surface area contributed by atoms with Crippen LogP contribution in [-0.2, 0) is 0 Å². The van der Waals surface area contributed by atoms with E-state index in [1.165, 1.54) is 14.2 Å². The molecule has 0 aliphatic carbocycles. The molecule has 4 aromatic rings. The Bertz CT molecular complexity index is 1270. The largest absolute Gasteiger partial charge is 0.495 e. The fourth-order valence-electron chi connectivity index (χ4n) is 3.34. The number of halogens is 1. The molecule has 0 bridgehead atoms. The summed E-state index contributed by atoms with van der Waals surface area (Å²) in [4.78, 5) is 13.5. The maximum absolute atomic E-state index is 13.5. The lowest BCUT2D eigenvalue weighted by Gasteiger charge is -2.15. The lowest BCUT2D eigenvalue weighted by atomic mass is 10.0. The van der Waals surface area contributed by atoms with Gasteiger partial charge in [-0.3, -0.25) is 4.79 Å². The molecular formula is C24H20ClN3O3. The minimum absolute atomic E-state index is 0.346. The molecule has 1 N–H and O–H groups in total. The number of fused-ring (bicyclic) bond motifs is 1. The number of amides is 1. The third-order valence-electron chi connectivity index (χ3n) is 4.94. The first-order valence-corrected chi connectivity index (χ1v) is 9.95. The zero-order valence-corrected chi connectivity index (χ0v) is 18.0. The molecule has 1 heterocycles. The summed E-state index contributed by atoms with van der Waals surface area (Å²) in [5, 5.41) is 12.6. The van der Waals surface area contributed by atoms with Crippen LogP contribution in [0.25, 0.3) is 22.2 Å². The number of hydrogen-bond donors (Lipinski definition) is 1. The van der Waals surface area contributed by atoms with Gasteiger partial charge in [-0.15, -0.1) is 10.2 Å². The van der Waals surface area contributed by atoms with E-state index in [0.29, 0.717) is 44.4 Å². The van der Waals surface area contributed by atoms with Gasteiger partial charge in [-0.2, -0.15) is 0 Å². The van der Waals surface area contributed by atoms with Crippen LogP contribution in [0.5, 0.6) is 11.5 Å². The zero-order chi connectivity index (χ0) is 22.0. The SMILES string of the molecule is COc1cc(OC)c(NC(=O)c2c(-c3ccc(C)cc3)nnc3ccccc23)cc1Cl. The van der Waals surface area contributed by atoms with Gasteiger partial charge < -0.3 is 14.8 Å². The molecule has 31 heavy (non-hydrogen) atoms. The van der Waals surface area contributed by atoms with Crippen LogP contribution in [0.2, 0.25) is 5.02 Å². The molecule has 0 saturated heterocycles. The number of benzene rings is 3. The highest BCUT2D eigenvalue weighted by Gasteiger charge is 2.21. The van der Waals surface area contributed by atoms with E-state index < -0.39 is 0 Å². The molecule has 3 aromatic carbocycles. The molecule has 156 valence electrons. The standard InChI is InChI=1S/C24H20ClN3O3/c1-14-8-10-15(11-9-14)23-22(16-6-4-5-7-18(16)27-28-23)24(29)26-19-12-17(25)20(30-2)13-21(19)31-3/h4-13H,1-3H3,(H,26,29). The number of anilines is 1. The number of carbonyl (C=O) groups excluding carboxylic acids is 1. The van der Waals surface area contributed by atoms with Gasteiger partial charge in [-0.1, -0.05) is 59.6 Å². The fraction of sp³-hybridized carbons (Fsp3) is 0.125. The Balaban J connectivity index is 1.85. The second-order valence-corrected chi connectivity index (χ2v) is 7.36. The molecule has 0 unspecified atom stereocenters. The van der Waals surface area contributed by atoms with Crippen molar-refractivity contribution in [2.24, 2.45) is 0 Å². The van der Waals surface area contributed by atoms with E-state index >= 15 is 0 Å². The molecule has 7 heteroatoms. The summed E-state index contributed by atoms with van der Waals surface area (Å²) in [6, 6.07) is 18.4. The molecule has 1 aromatic heterocycles. The highest BCUT2D eigenvalue weighted by molar-refractivity contribution is 6.32. The van der Waals surface area contributed by atoms with E-state index in [0.717, 1.165) is 11.1 Å². The van der Waals surface area contributed by atoms with E-state index in [9.17, 15) is 4.79 Å². The lowest BCUT2D eigenvalue weighted by molar-refractivity contribution is 0.102. The number of aryl methyl sites for hydroxylation is 1. The summed E-state index contributed by atoms with van der Waals surface area (Å²) < 4.78 is 10.6. The van der Waals surface area contributed by atoms with Crippen molar-refractivity contribution in [3.05, 3.63) is 76.8 Å². The van der Waals surface area contributed by atoms with E-state index in [2.05, 4.69) is 15.5 Å². The number of carbonyl (C=O) groups is 1. The molecular weight excluding hydrogens is 414 g/mol. The molecule has 0 radical (unpaired) electrons. The number of ether oxygens (including phenoxy) is 2. The maximum Gasteiger partial charge on any atom is 0.258 e. The molecule has 1 amide bonds. The number of nitrogens with zero attached hydrogens (tertiary/aromatic N) is 2. The second-order valence-electron chi connectivity index (χ2n) is 6.95. The molecule has 4 rings (SSSR count). The number of hydrogen-bond acceptors (Lipinski definition) is 5. The van der Waals surface area contributed by atoms with E-state index in [1.54, 1.807) is 12.1 Å². The van der Waals surface area contributed by atoms with Crippen LogP contribution in [0.15, 0.2) is 60.7 Å². The van der Waals surface area contributed by atoms with Crippen molar-refractivity contribution in [2.75, 3.05) is 19.5 Å². The summed E-state index contributed by atoms with van der Waals surface area (Å²) in [5.41, 5.74) is 3.88. The summed E-state index contributed by atoms with van der Waals surface area (Å²) in [7, 11) is 3.03. The highest BCUT2D eigenvalue weighted by atomic mass is 35.5. The van der Waals surface area contributed by atoms with Gasteiger partial charge in [0, 0.05) is 17.0 Å². The smallest absolute Gasteiger partial charge is 0.258 e. The van der Waals surface area contributed by atoms with Crippen molar-refractivity contribution in [3.8, 4) is 22.8 Å².